The second kappa shape index (κ2) is 11.0. The molecule has 1 aromatic heterocycles. The first-order valence-electron chi connectivity index (χ1n) is 12.9. The number of nitrogens with zero attached hydrogens (tertiary/aromatic N) is 5. The molecule has 0 spiro atoms. The highest BCUT2D eigenvalue weighted by Gasteiger charge is 2.25. The molecular weight excluding hydrogens is 454 g/mol. The molecule has 0 bridgehead atoms. The third-order valence-electron chi connectivity index (χ3n) is 7.08. The number of amides is 2. The second-order valence-electron chi connectivity index (χ2n) is 9.72. The number of hydrogen-bond donors (Lipinski definition) is 0. The van der Waals surface area contributed by atoms with Crippen LogP contribution in [-0.2, 0) is 4.79 Å². The molecule has 8 nitrogen and oxygen atoms in total. The minimum absolute atomic E-state index is 0.00548. The summed E-state index contributed by atoms with van der Waals surface area (Å²) in [5, 5.41) is 8.33. The Morgan fingerprint density at radius 1 is 0.722 bits per heavy atom. The predicted molar refractivity (Wildman–Crippen MR) is 137 cm³/mol. The smallest absolute Gasteiger partial charge is 0.253 e. The lowest BCUT2D eigenvalue weighted by atomic mass is 10.1. The van der Waals surface area contributed by atoms with Gasteiger partial charge in [-0.25, -0.2) is 0 Å². The summed E-state index contributed by atoms with van der Waals surface area (Å²) in [6.45, 7) is 6.92. The molecule has 0 aliphatic carbocycles. The first-order chi connectivity index (χ1) is 17.6. The zero-order valence-electron chi connectivity index (χ0n) is 20.9. The van der Waals surface area contributed by atoms with Crippen LogP contribution in [0.15, 0.2) is 52.9 Å². The van der Waals surface area contributed by atoms with Crippen LogP contribution in [0.5, 0.6) is 0 Å². The molecule has 2 fully saturated rings. The molecule has 0 saturated carbocycles. The van der Waals surface area contributed by atoms with Crippen molar-refractivity contribution in [1.29, 1.82) is 0 Å². The van der Waals surface area contributed by atoms with Crippen LogP contribution in [0.25, 0.3) is 22.9 Å². The number of carbonyl (C=O) groups is 2. The van der Waals surface area contributed by atoms with E-state index in [0.717, 1.165) is 37.1 Å². The Hall–Kier alpha value is -3.52. The van der Waals surface area contributed by atoms with Crippen LogP contribution in [0.3, 0.4) is 0 Å². The maximum Gasteiger partial charge on any atom is 0.253 e. The van der Waals surface area contributed by atoms with Gasteiger partial charge in [0.2, 0.25) is 17.7 Å². The van der Waals surface area contributed by atoms with E-state index < -0.39 is 0 Å². The quantitative estimate of drug-likeness (QED) is 0.543. The van der Waals surface area contributed by atoms with E-state index in [-0.39, 0.29) is 11.8 Å². The average Bonchev–Trinajstić information content (AvgIpc) is 3.24. The molecule has 2 aliphatic heterocycles. The van der Waals surface area contributed by atoms with Crippen LogP contribution in [-0.4, -0.2) is 82.5 Å². The molecule has 188 valence electrons. The minimum atomic E-state index is 0.00548. The molecule has 2 aromatic carbocycles. The minimum Gasteiger partial charge on any atom is -0.416 e. The van der Waals surface area contributed by atoms with Gasteiger partial charge in [-0.2, -0.15) is 0 Å². The number of rotatable bonds is 5. The molecule has 2 aliphatic rings. The van der Waals surface area contributed by atoms with Gasteiger partial charge in [0.15, 0.2) is 0 Å². The third kappa shape index (κ3) is 5.65. The van der Waals surface area contributed by atoms with Crippen molar-refractivity contribution in [1.82, 2.24) is 24.9 Å². The normalized spacial score (nSPS) is 17.1. The van der Waals surface area contributed by atoms with Crippen molar-refractivity contribution in [2.45, 2.75) is 32.6 Å². The Balaban J connectivity index is 1.14. The van der Waals surface area contributed by atoms with E-state index in [1.807, 2.05) is 65.3 Å². The molecule has 3 aromatic rings. The van der Waals surface area contributed by atoms with Crippen molar-refractivity contribution in [2.75, 3.05) is 45.8 Å². The van der Waals surface area contributed by atoms with E-state index in [2.05, 4.69) is 15.1 Å². The molecule has 0 N–H and O–H groups in total. The predicted octanol–water partition coefficient (Wildman–Crippen LogP) is 3.87. The van der Waals surface area contributed by atoms with Crippen molar-refractivity contribution in [3.63, 3.8) is 0 Å². The van der Waals surface area contributed by atoms with Gasteiger partial charge in [0.25, 0.3) is 5.91 Å². The molecular formula is C28H33N5O3. The largest absolute Gasteiger partial charge is 0.416 e. The number of benzene rings is 2. The monoisotopic (exact) mass is 487 g/mol. The number of likely N-dealkylation sites (tertiary alicyclic amines) is 1. The summed E-state index contributed by atoms with van der Waals surface area (Å²) in [7, 11) is 0. The molecule has 0 radical (unpaired) electrons. The Kier molecular flexibility index (Phi) is 7.41. The van der Waals surface area contributed by atoms with Gasteiger partial charge in [0.05, 0.1) is 6.54 Å². The van der Waals surface area contributed by atoms with Crippen LogP contribution < -0.4 is 0 Å². The van der Waals surface area contributed by atoms with Gasteiger partial charge in [-0.3, -0.25) is 14.5 Å². The van der Waals surface area contributed by atoms with E-state index >= 15 is 0 Å². The van der Waals surface area contributed by atoms with E-state index in [9.17, 15) is 9.59 Å². The second-order valence-corrected chi connectivity index (χ2v) is 9.72. The Morgan fingerprint density at radius 3 is 1.86 bits per heavy atom. The standard InChI is InChI=1S/C28H33N5O3/c1-21-6-8-22(9-7-21)26-29-30-27(36-26)23-10-12-24(13-11-23)28(35)33-18-16-31(17-19-33)20-25(34)32-14-4-2-3-5-15-32/h6-13H,2-5,14-20H2,1H3. The first-order valence-corrected chi connectivity index (χ1v) is 12.9. The summed E-state index contributed by atoms with van der Waals surface area (Å²) in [6, 6.07) is 15.2. The lowest BCUT2D eigenvalue weighted by molar-refractivity contribution is -0.132. The van der Waals surface area contributed by atoms with Crippen molar-refractivity contribution in [3.05, 3.63) is 59.7 Å². The SMILES string of the molecule is Cc1ccc(-c2nnc(-c3ccc(C(=O)N4CCN(CC(=O)N5CCCCCC5)CC4)cc3)o2)cc1. The zero-order valence-corrected chi connectivity index (χ0v) is 20.9. The highest BCUT2D eigenvalue weighted by Crippen LogP contribution is 2.24. The van der Waals surface area contributed by atoms with E-state index in [1.54, 1.807) is 0 Å². The van der Waals surface area contributed by atoms with Crippen LogP contribution in [0.2, 0.25) is 0 Å². The third-order valence-corrected chi connectivity index (χ3v) is 7.08. The average molecular weight is 488 g/mol. The highest BCUT2D eigenvalue weighted by atomic mass is 16.4. The first kappa shape index (κ1) is 24.2. The van der Waals surface area contributed by atoms with Crippen molar-refractivity contribution < 1.29 is 14.0 Å². The maximum absolute atomic E-state index is 13.1. The van der Waals surface area contributed by atoms with E-state index in [4.69, 9.17) is 4.42 Å². The van der Waals surface area contributed by atoms with Crippen LogP contribution in [0.1, 0.15) is 41.6 Å². The summed E-state index contributed by atoms with van der Waals surface area (Å²) < 4.78 is 5.85. The van der Waals surface area contributed by atoms with E-state index in [0.29, 0.717) is 50.1 Å². The molecule has 5 rings (SSSR count). The lowest BCUT2D eigenvalue weighted by Gasteiger charge is -2.35. The molecule has 0 unspecified atom stereocenters. The number of aromatic nitrogens is 2. The Morgan fingerprint density at radius 2 is 1.28 bits per heavy atom. The molecule has 3 heterocycles. The summed E-state index contributed by atoms with van der Waals surface area (Å²) in [6.07, 6.45) is 4.64. The summed E-state index contributed by atoms with van der Waals surface area (Å²) in [4.78, 5) is 31.8. The molecule has 2 amide bonds. The van der Waals surface area contributed by atoms with Crippen molar-refractivity contribution in [3.8, 4) is 22.9 Å². The number of hydrogen-bond acceptors (Lipinski definition) is 6. The number of aryl methyl sites for hydroxylation is 1. The van der Waals surface area contributed by atoms with Gasteiger partial charge in [0.1, 0.15) is 0 Å². The fraction of sp³-hybridized carbons (Fsp3) is 0.429. The molecule has 0 atom stereocenters. The summed E-state index contributed by atoms with van der Waals surface area (Å²) in [5.74, 6) is 1.12. The zero-order chi connectivity index (χ0) is 24.9. The fourth-order valence-electron chi connectivity index (χ4n) is 4.81. The fourth-order valence-corrected chi connectivity index (χ4v) is 4.81. The van der Waals surface area contributed by atoms with Gasteiger partial charge in [-0.1, -0.05) is 30.5 Å². The van der Waals surface area contributed by atoms with Gasteiger partial charge in [-0.05, 0) is 56.2 Å². The van der Waals surface area contributed by atoms with Crippen LogP contribution in [0.4, 0.5) is 0 Å². The van der Waals surface area contributed by atoms with Crippen LogP contribution >= 0.6 is 0 Å². The van der Waals surface area contributed by atoms with Gasteiger partial charge < -0.3 is 14.2 Å². The number of carbonyl (C=O) groups excluding carboxylic acids is 2. The molecule has 8 heteroatoms. The van der Waals surface area contributed by atoms with Gasteiger partial charge >= 0.3 is 0 Å². The van der Waals surface area contributed by atoms with Gasteiger partial charge in [-0.15, -0.1) is 10.2 Å². The molecule has 36 heavy (non-hydrogen) atoms. The Bertz CT molecular complexity index is 1170. The van der Waals surface area contributed by atoms with Gasteiger partial charge in [0, 0.05) is 56.0 Å². The Labute approximate surface area is 211 Å². The molecule has 2 saturated heterocycles. The van der Waals surface area contributed by atoms with Crippen molar-refractivity contribution in [2.24, 2.45) is 0 Å². The van der Waals surface area contributed by atoms with E-state index in [1.165, 1.54) is 18.4 Å². The van der Waals surface area contributed by atoms with Crippen LogP contribution in [0, 0.1) is 6.92 Å². The lowest BCUT2D eigenvalue weighted by Crippen LogP contribution is -2.51. The summed E-state index contributed by atoms with van der Waals surface area (Å²) >= 11 is 0. The maximum atomic E-state index is 13.1. The number of piperazine rings is 1. The van der Waals surface area contributed by atoms with Crippen molar-refractivity contribution >= 4 is 11.8 Å². The highest BCUT2D eigenvalue weighted by molar-refractivity contribution is 5.94. The topological polar surface area (TPSA) is 82.8 Å². The summed E-state index contributed by atoms with van der Waals surface area (Å²) in [5.41, 5.74) is 3.44.